The summed E-state index contributed by atoms with van der Waals surface area (Å²) >= 11 is 0. The molecule has 6 fully saturated rings. The van der Waals surface area contributed by atoms with Gasteiger partial charge in [-0.25, -0.2) is 4.79 Å². The second kappa shape index (κ2) is 12.9. The number of rotatable bonds is 6. The third kappa shape index (κ3) is 5.61. The molecular formula is C35H52O13. The molecule has 0 unspecified atom stereocenters. The van der Waals surface area contributed by atoms with Gasteiger partial charge >= 0.3 is 5.97 Å². The molecule has 4 saturated carbocycles. The molecule has 3 aliphatic heterocycles. The highest BCUT2D eigenvalue weighted by molar-refractivity contribution is 5.85. The number of ether oxygens (including phenoxy) is 5. The highest BCUT2D eigenvalue weighted by atomic mass is 16.7. The lowest BCUT2D eigenvalue weighted by Crippen LogP contribution is -2.64. The van der Waals surface area contributed by atoms with Gasteiger partial charge in [-0.3, -0.25) is 0 Å². The van der Waals surface area contributed by atoms with E-state index in [2.05, 4.69) is 13.5 Å². The van der Waals surface area contributed by atoms with Gasteiger partial charge in [0.25, 0.3) is 0 Å². The van der Waals surface area contributed by atoms with E-state index in [4.69, 9.17) is 23.7 Å². The average Bonchev–Trinajstić information content (AvgIpc) is 3.63. The van der Waals surface area contributed by atoms with Crippen molar-refractivity contribution in [3.05, 3.63) is 23.8 Å². The van der Waals surface area contributed by atoms with E-state index in [1.165, 1.54) is 0 Å². The number of carbonyl (C=O) groups excluding carboxylic acids is 1. The number of esters is 1. The molecule has 0 aromatic rings. The van der Waals surface area contributed by atoms with Crippen molar-refractivity contribution in [2.75, 3.05) is 13.2 Å². The van der Waals surface area contributed by atoms with Crippen molar-refractivity contribution >= 4 is 5.97 Å². The first kappa shape index (κ1) is 34.9. The maximum absolute atomic E-state index is 12.2. The molecule has 0 spiro atoms. The van der Waals surface area contributed by atoms with E-state index in [1.807, 2.05) is 0 Å². The zero-order valence-electron chi connectivity index (χ0n) is 27.7. The number of fused-ring (bicyclic) bond motifs is 5. The third-order valence-corrected chi connectivity index (χ3v) is 13.5. The maximum atomic E-state index is 12.2. The van der Waals surface area contributed by atoms with Crippen LogP contribution in [0.25, 0.3) is 0 Å². The average molecular weight is 681 g/mol. The monoisotopic (exact) mass is 680 g/mol. The summed E-state index contributed by atoms with van der Waals surface area (Å²) in [6.07, 6.45) is -5.54. The standard InChI is InChI=1S/C35H52O13/c1-15-20(17-10-25(37)44-14-17)7-9-35(43)21-5-4-18-11-19(6-8-34(18,3)23(21)12-22(15)35)46-32-30(42)28(40)31(16(2)45-32)48-33-29(41)27(39)26(38)24(13-36)47-33/h10,16,18-24,26-33,36,38-43H,1,4-9,11-14H2,2-3H3/t16-,18+,19-,20-,21+,22+,23-,24+,26+,27-,28-,29+,30+,31-,32-,33-,34-,35-/m0/s1. The Labute approximate surface area is 280 Å². The lowest BCUT2D eigenvalue weighted by Gasteiger charge is -2.55. The van der Waals surface area contributed by atoms with E-state index in [-0.39, 0.29) is 35.2 Å². The Kier molecular flexibility index (Phi) is 9.41. The molecule has 0 radical (unpaired) electrons. The molecule has 0 aromatic carbocycles. The van der Waals surface area contributed by atoms with E-state index >= 15 is 0 Å². The summed E-state index contributed by atoms with van der Waals surface area (Å²) in [6.45, 7) is 8.16. The van der Waals surface area contributed by atoms with Gasteiger partial charge in [0.2, 0.25) is 0 Å². The van der Waals surface area contributed by atoms with Crippen molar-refractivity contribution in [3.8, 4) is 0 Å². The Balaban J connectivity index is 0.976. The lowest BCUT2D eigenvalue weighted by atomic mass is 9.51. The third-order valence-electron chi connectivity index (χ3n) is 13.5. The molecule has 7 N–H and O–H groups in total. The van der Waals surface area contributed by atoms with Crippen molar-refractivity contribution < 1.29 is 64.2 Å². The quantitative estimate of drug-likeness (QED) is 0.113. The molecule has 48 heavy (non-hydrogen) atoms. The Bertz CT molecular complexity index is 1270. The molecular weight excluding hydrogens is 628 g/mol. The summed E-state index contributed by atoms with van der Waals surface area (Å²) in [5, 5.41) is 74.4. The fourth-order valence-corrected chi connectivity index (χ4v) is 10.7. The van der Waals surface area contributed by atoms with Crippen LogP contribution >= 0.6 is 0 Å². The first-order chi connectivity index (χ1) is 22.8. The van der Waals surface area contributed by atoms with Crippen LogP contribution in [0, 0.1) is 35.0 Å². The van der Waals surface area contributed by atoms with Crippen LogP contribution in [0.3, 0.4) is 0 Å². The van der Waals surface area contributed by atoms with Gasteiger partial charge in [-0.05, 0) is 87.0 Å². The molecule has 13 nitrogen and oxygen atoms in total. The molecule has 13 heteroatoms. The molecule has 0 aromatic heterocycles. The largest absolute Gasteiger partial charge is 0.458 e. The van der Waals surface area contributed by atoms with Crippen molar-refractivity contribution in [2.24, 2.45) is 35.0 Å². The summed E-state index contributed by atoms with van der Waals surface area (Å²) in [4.78, 5) is 11.8. The van der Waals surface area contributed by atoms with E-state index in [0.717, 1.165) is 56.1 Å². The van der Waals surface area contributed by atoms with E-state index in [0.29, 0.717) is 24.9 Å². The highest BCUT2D eigenvalue weighted by Gasteiger charge is 2.64. The molecule has 0 bridgehead atoms. The summed E-state index contributed by atoms with van der Waals surface area (Å²) in [5.74, 6) is 0.616. The van der Waals surface area contributed by atoms with Crippen LogP contribution in [0.2, 0.25) is 0 Å². The fraction of sp³-hybridized carbons (Fsp3) is 0.857. The summed E-state index contributed by atoms with van der Waals surface area (Å²) in [5.41, 5.74) is 1.22. The lowest BCUT2D eigenvalue weighted by molar-refractivity contribution is -0.360. The van der Waals surface area contributed by atoms with Gasteiger partial charge in [-0.1, -0.05) is 19.1 Å². The van der Waals surface area contributed by atoms with Crippen molar-refractivity contribution in [1.82, 2.24) is 0 Å². The normalized spacial score (nSPS) is 53.8. The minimum Gasteiger partial charge on any atom is -0.458 e. The molecule has 7 rings (SSSR count). The van der Waals surface area contributed by atoms with Crippen LogP contribution in [0.15, 0.2) is 23.8 Å². The Morgan fingerprint density at radius 3 is 2.33 bits per heavy atom. The van der Waals surface area contributed by atoms with Crippen molar-refractivity contribution in [3.63, 3.8) is 0 Å². The van der Waals surface area contributed by atoms with Crippen LogP contribution in [-0.4, -0.2) is 128 Å². The van der Waals surface area contributed by atoms with Gasteiger partial charge in [0.05, 0.1) is 24.4 Å². The first-order valence-corrected chi connectivity index (χ1v) is 17.7. The van der Waals surface area contributed by atoms with Crippen LogP contribution < -0.4 is 0 Å². The molecule has 4 aliphatic carbocycles. The molecule has 18 atom stereocenters. The van der Waals surface area contributed by atoms with E-state index in [9.17, 15) is 40.5 Å². The van der Waals surface area contributed by atoms with Gasteiger partial charge in [0, 0.05) is 17.9 Å². The smallest absolute Gasteiger partial charge is 0.331 e. The molecule has 0 amide bonds. The number of carbonyl (C=O) groups is 1. The van der Waals surface area contributed by atoms with Crippen LogP contribution in [0.1, 0.15) is 65.2 Å². The fourth-order valence-electron chi connectivity index (χ4n) is 10.7. The second-order valence-corrected chi connectivity index (χ2v) is 15.8. The second-order valence-electron chi connectivity index (χ2n) is 15.8. The van der Waals surface area contributed by atoms with Crippen molar-refractivity contribution in [2.45, 2.75) is 138 Å². The summed E-state index contributed by atoms with van der Waals surface area (Å²) in [7, 11) is 0. The zero-order chi connectivity index (χ0) is 34.3. The number of hydrogen-bond donors (Lipinski definition) is 7. The maximum Gasteiger partial charge on any atom is 0.331 e. The number of aliphatic hydroxyl groups excluding tert-OH is 6. The van der Waals surface area contributed by atoms with Gasteiger partial charge in [-0.2, -0.15) is 0 Å². The van der Waals surface area contributed by atoms with Gasteiger partial charge < -0.3 is 59.4 Å². The van der Waals surface area contributed by atoms with Crippen LogP contribution in [0.5, 0.6) is 0 Å². The predicted molar refractivity (Wildman–Crippen MR) is 165 cm³/mol. The SMILES string of the molecule is C=C1[C@@H](C2=CC(=O)OC2)CC[C@@]2(O)[C@@H]1C[C@H]1[C@H]2CC[C@@H]2C[C@@H](O[C@@H]3O[C@@H](C)[C@H](O[C@@H]4O[C@H](CO)[C@@H](O)[C@H](O)[C@H]4O)[C@@H](O)[C@H]3O)CC[C@@]21C. The summed E-state index contributed by atoms with van der Waals surface area (Å²) in [6, 6.07) is 0. The molecule has 2 saturated heterocycles. The van der Waals surface area contributed by atoms with Crippen molar-refractivity contribution in [1.29, 1.82) is 0 Å². The van der Waals surface area contributed by atoms with Gasteiger partial charge in [0.15, 0.2) is 12.6 Å². The number of hydrogen-bond acceptors (Lipinski definition) is 13. The first-order valence-electron chi connectivity index (χ1n) is 17.7. The Morgan fingerprint density at radius 1 is 0.896 bits per heavy atom. The minimum absolute atomic E-state index is 0.000505. The molecule has 3 heterocycles. The van der Waals surface area contributed by atoms with Gasteiger partial charge in [-0.15, -0.1) is 0 Å². The molecule has 7 aliphatic rings. The minimum atomic E-state index is -1.66. The van der Waals surface area contributed by atoms with E-state index < -0.39 is 73.6 Å². The zero-order valence-corrected chi connectivity index (χ0v) is 27.7. The van der Waals surface area contributed by atoms with Crippen LogP contribution in [0.4, 0.5) is 0 Å². The Hall–Kier alpha value is -1.49. The highest BCUT2D eigenvalue weighted by Crippen LogP contribution is 2.67. The van der Waals surface area contributed by atoms with Crippen LogP contribution in [-0.2, 0) is 28.5 Å². The number of aliphatic hydroxyl groups is 7. The number of cyclic esters (lactones) is 1. The predicted octanol–water partition coefficient (Wildman–Crippen LogP) is 0.0563. The topological polar surface area (TPSA) is 205 Å². The Morgan fingerprint density at radius 2 is 1.62 bits per heavy atom. The van der Waals surface area contributed by atoms with Gasteiger partial charge in [0.1, 0.15) is 49.3 Å². The molecule has 270 valence electrons. The summed E-state index contributed by atoms with van der Waals surface area (Å²) < 4.78 is 28.7. The van der Waals surface area contributed by atoms with E-state index in [1.54, 1.807) is 13.0 Å².